The lowest BCUT2D eigenvalue weighted by Crippen LogP contribution is -2.25. The number of rotatable bonds is 6. The average molecular weight is 363 g/mol. The molecule has 0 aliphatic carbocycles. The van der Waals surface area contributed by atoms with E-state index in [0.717, 1.165) is 42.6 Å². The highest BCUT2D eigenvalue weighted by Gasteiger charge is 2.22. The lowest BCUT2D eigenvalue weighted by atomic mass is 10.2. The molecule has 3 rings (SSSR count). The molecule has 1 aliphatic rings. The van der Waals surface area contributed by atoms with Gasteiger partial charge in [-0.2, -0.15) is 5.10 Å². The highest BCUT2D eigenvalue weighted by Crippen LogP contribution is 2.26. The Kier molecular flexibility index (Phi) is 5.78. The highest BCUT2D eigenvalue weighted by molar-refractivity contribution is 8.00. The van der Waals surface area contributed by atoms with Gasteiger partial charge in [-0.3, -0.25) is 4.79 Å². The molecule has 0 fully saturated rings. The molecule has 1 aliphatic heterocycles. The molecule has 2 aromatic rings. The second-order valence-corrected chi connectivity index (χ2v) is 7.84. The van der Waals surface area contributed by atoms with E-state index in [1.807, 2.05) is 17.7 Å². The molecule has 0 radical (unpaired) electrons. The van der Waals surface area contributed by atoms with E-state index in [1.54, 1.807) is 6.20 Å². The predicted molar refractivity (Wildman–Crippen MR) is 98.8 cm³/mol. The van der Waals surface area contributed by atoms with Crippen LogP contribution in [-0.4, -0.2) is 35.7 Å². The van der Waals surface area contributed by atoms with Crippen LogP contribution in [-0.2, 0) is 17.8 Å². The second-order valence-electron chi connectivity index (χ2n) is 6.53. The van der Waals surface area contributed by atoms with Crippen molar-refractivity contribution in [1.82, 2.24) is 24.5 Å². The Labute approximate surface area is 152 Å². The minimum atomic E-state index is -0.253. The van der Waals surface area contributed by atoms with Gasteiger partial charge in [-0.25, -0.2) is 4.68 Å². The quantitative estimate of drug-likeness (QED) is 0.798. The highest BCUT2D eigenvalue weighted by atomic mass is 32.2. The molecule has 0 spiro atoms. The Morgan fingerprint density at radius 2 is 2.16 bits per heavy atom. The summed E-state index contributed by atoms with van der Waals surface area (Å²) >= 11 is 1.47. The summed E-state index contributed by atoms with van der Waals surface area (Å²) in [6.45, 7) is 7.04. The molecule has 0 unspecified atom stereocenters. The van der Waals surface area contributed by atoms with Gasteiger partial charge in [0.15, 0.2) is 5.16 Å². The van der Waals surface area contributed by atoms with Crippen molar-refractivity contribution >= 4 is 23.5 Å². The maximum Gasteiger partial charge on any atom is 0.238 e. The van der Waals surface area contributed by atoms with Crippen molar-refractivity contribution in [2.24, 2.45) is 0 Å². The molecule has 0 saturated heterocycles. The van der Waals surface area contributed by atoms with E-state index in [4.69, 9.17) is 0 Å². The number of carbonyl (C=O) groups is 1. The van der Waals surface area contributed by atoms with Gasteiger partial charge in [0.05, 0.1) is 17.5 Å². The van der Waals surface area contributed by atoms with Crippen LogP contribution in [0.5, 0.6) is 0 Å². The van der Waals surface area contributed by atoms with E-state index in [1.165, 1.54) is 24.6 Å². The molecule has 0 saturated carbocycles. The van der Waals surface area contributed by atoms with Gasteiger partial charge in [0.1, 0.15) is 11.6 Å². The summed E-state index contributed by atoms with van der Waals surface area (Å²) in [7, 11) is 0. The first-order chi connectivity index (χ1) is 12.1. The molecule has 3 heterocycles. The average Bonchev–Trinajstić information content (AvgIpc) is 3.14. The number of nitrogens with zero attached hydrogens (tertiary/aromatic N) is 5. The molecule has 25 heavy (non-hydrogen) atoms. The summed E-state index contributed by atoms with van der Waals surface area (Å²) in [5.41, 5.74) is 0. The van der Waals surface area contributed by atoms with E-state index in [0.29, 0.717) is 0 Å². The predicted octanol–water partition coefficient (Wildman–Crippen LogP) is 3.29. The fourth-order valence-corrected chi connectivity index (χ4v) is 3.82. The third kappa shape index (κ3) is 4.05. The molecular weight excluding hydrogens is 336 g/mol. The third-order valence-corrected chi connectivity index (χ3v) is 5.74. The van der Waals surface area contributed by atoms with Gasteiger partial charge >= 0.3 is 0 Å². The molecule has 1 N–H and O–H groups in total. The van der Waals surface area contributed by atoms with Crippen molar-refractivity contribution in [3.63, 3.8) is 0 Å². The van der Waals surface area contributed by atoms with Gasteiger partial charge in [0.2, 0.25) is 5.91 Å². The van der Waals surface area contributed by atoms with Crippen molar-refractivity contribution in [2.75, 3.05) is 5.32 Å². The standard InChI is InChI=1S/C17H26N6OS/c1-4-12(2)23-14(9-10-18-23)19-16(24)13(3)25-17-21-20-15-8-6-5-7-11-22(15)17/h9-10,12-13H,4-8,11H2,1-3H3,(H,19,24)/t12-,13-/m0/s1. The van der Waals surface area contributed by atoms with Gasteiger partial charge in [-0.15, -0.1) is 10.2 Å². The Bertz CT molecular complexity index is 725. The van der Waals surface area contributed by atoms with Crippen molar-refractivity contribution < 1.29 is 4.79 Å². The SMILES string of the molecule is CC[C@H](C)n1nccc1NC(=O)[C@H](C)Sc1nnc2n1CCCCC2. The molecule has 0 bridgehead atoms. The number of carbonyl (C=O) groups excluding carboxylic acids is 1. The number of nitrogens with one attached hydrogen (secondary N) is 1. The lowest BCUT2D eigenvalue weighted by Gasteiger charge is -2.16. The first-order valence-electron chi connectivity index (χ1n) is 9.03. The molecule has 0 aromatic carbocycles. The number of amides is 1. The number of hydrogen-bond acceptors (Lipinski definition) is 5. The van der Waals surface area contributed by atoms with Gasteiger partial charge in [-0.1, -0.05) is 25.1 Å². The lowest BCUT2D eigenvalue weighted by molar-refractivity contribution is -0.115. The Morgan fingerprint density at radius 1 is 1.32 bits per heavy atom. The van der Waals surface area contributed by atoms with Crippen LogP contribution in [0.15, 0.2) is 17.4 Å². The van der Waals surface area contributed by atoms with E-state index >= 15 is 0 Å². The molecule has 2 atom stereocenters. The van der Waals surface area contributed by atoms with Gasteiger partial charge in [0.25, 0.3) is 0 Å². The largest absolute Gasteiger partial charge is 0.310 e. The fourth-order valence-electron chi connectivity index (χ4n) is 2.92. The zero-order valence-electron chi connectivity index (χ0n) is 15.1. The molecule has 8 heteroatoms. The number of fused-ring (bicyclic) bond motifs is 1. The topological polar surface area (TPSA) is 77.6 Å². The summed E-state index contributed by atoms with van der Waals surface area (Å²) in [4.78, 5) is 12.6. The fraction of sp³-hybridized carbons (Fsp3) is 0.647. The summed E-state index contributed by atoms with van der Waals surface area (Å²) in [6, 6.07) is 2.09. The summed E-state index contributed by atoms with van der Waals surface area (Å²) in [6.07, 6.45) is 7.19. The van der Waals surface area contributed by atoms with Gasteiger partial charge in [-0.05, 0) is 33.1 Å². The maximum absolute atomic E-state index is 12.6. The second kappa shape index (κ2) is 8.03. The number of aryl methyl sites for hydroxylation is 1. The van der Waals surface area contributed by atoms with Crippen LogP contribution < -0.4 is 5.32 Å². The zero-order valence-corrected chi connectivity index (χ0v) is 15.9. The van der Waals surface area contributed by atoms with Gasteiger partial charge in [0, 0.05) is 19.0 Å². The van der Waals surface area contributed by atoms with E-state index in [9.17, 15) is 4.79 Å². The first-order valence-corrected chi connectivity index (χ1v) is 9.91. The van der Waals surface area contributed by atoms with E-state index in [2.05, 4.69) is 39.0 Å². The Hall–Kier alpha value is -1.83. The van der Waals surface area contributed by atoms with E-state index < -0.39 is 0 Å². The van der Waals surface area contributed by atoms with Crippen LogP contribution in [0.25, 0.3) is 0 Å². The first kappa shape index (κ1) is 18.0. The van der Waals surface area contributed by atoms with Crippen LogP contribution >= 0.6 is 11.8 Å². The van der Waals surface area contributed by atoms with Crippen molar-refractivity contribution in [3.05, 3.63) is 18.1 Å². The molecule has 2 aromatic heterocycles. The number of hydrogen-bond donors (Lipinski definition) is 1. The zero-order chi connectivity index (χ0) is 17.8. The van der Waals surface area contributed by atoms with Crippen LogP contribution in [0.2, 0.25) is 0 Å². The molecular formula is C17H26N6OS. The number of anilines is 1. The van der Waals surface area contributed by atoms with Crippen molar-refractivity contribution in [3.8, 4) is 0 Å². The van der Waals surface area contributed by atoms with Crippen LogP contribution in [0.4, 0.5) is 5.82 Å². The van der Waals surface area contributed by atoms with Crippen LogP contribution in [0.3, 0.4) is 0 Å². The normalized spacial score (nSPS) is 16.8. The summed E-state index contributed by atoms with van der Waals surface area (Å²) in [5.74, 6) is 1.75. The molecule has 136 valence electrons. The van der Waals surface area contributed by atoms with Gasteiger partial charge < -0.3 is 9.88 Å². The summed E-state index contributed by atoms with van der Waals surface area (Å²) < 4.78 is 4.03. The van der Waals surface area contributed by atoms with Crippen molar-refractivity contribution in [2.45, 2.75) is 75.9 Å². The van der Waals surface area contributed by atoms with Crippen molar-refractivity contribution in [1.29, 1.82) is 0 Å². The van der Waals surface area contributed by atoms with Crippen LogP contribution in [0, 0.1) is 0 Å². The Morgan fingerprint density at radius 3 is 2.96 bits per heavy atom. The smallest absolute Gasteiger partial charge is 0.238 e. The Balaban J connectivity index is 1.66. The molecule has 7 nitrogen and oxygen atoms in total. The number of thioether (sulfide) groups is 1. The van der Waals surface area contributed by atoms with Crippen LogP contribution in [0.1, 0.15) is 58.3 Å². The number of aromatic nitrogens is 5. The summed E-state index contributed by atoms with van der Waals surface area (Å²) in [5, 5.41) is 16.5. The third-order valence-electron chi connectivity index (χ3n) is 4.66. The monoisotopic (exact) mass is 362 g/mol. The minimum Gasteiger partial charge on any atom is -0.310 e. The molecule has 1 amide bonds. The maximum atomic E-state index is 12.6. The van der Waals surface area contributed by atoms with E-state index in [-0.39, 0.29) is 17.2 Å². The minimum absolute atomic E-state index is 0.0407.